The van der Waals surface area contributed by atoms with Crippen LogP contribution in [0.5, 0.6) is 5.75 Å². The number of rotatable bonds is 3. The molecule has 0 aliphatic rings. The number of alkyl halides is 3. The van der Waals surface area contributed by atoms with E-state index in [1.165, 1.54) is 31.4 Å². The highest BCUT2D eigenvalue weighted by atomic mass is 35.5. The van der Waals surface area contributed by atoms with Crippen LogP contribution in [0.2, 0.25) is 0 Å². The van der Waals surface area contributed by atoms with E-state index < -0.39 is 23.5 Å². The van der Waals surface area contributed by atoms with E-state index >= 15 is 0 Å². The summed E-state index contributed by atoms with van der Waals surface area (Å²) in [5.41, 5.74) is -1.63. The Labute approximate surface area is 123 Å². The molecule has 9 heteroatoms. The third-order valence-electron chi connectivity index (χ3n) is 2.54. The van der Waals surface area contributed by atoms with Crippen molar-refractivity contribution in [2.75, 3.05) is 7.11 Å². The Morgan fingerprint density at radius 1 is 1.29 bits per heavy atom. The highest BCUT2D eigenvalue weighted by Gasteiger charge is 2.36. The van der Waals surface area contributed by atoms with Gasteiger partial charge >= 0.3 is 12.1 Å². The number of ether oxygens (including phenoxy) is 1. The van der Waals surface area contributed by atoms with Crippen molar-refractivity contribution in [3.63, 3.8) is 0 Å². The molecule has 21 heavy (non-hydrogen) atoms. The van der Waals surface area contributed by atoms with E-state index in [0.717, 1.165) is 4.68 Å². The lowest BCUT2D eigenvalue weighted by molar-refractivity contribution is -0.141. The molecule has 1 heterocycles. The van der Waals surface area contributed by atoms with Gasteiger partial charge in [-0.2, -0.15) is 18.3 Å². The number of nitrogens with zero attached hydrogens (tertiary/aromatic N) is 2. The summed E-state index contributed by atoms with van der Waals surface area (Å²) in [6.45, 7) is 0. The summed E-state index contributed by atoms with van der Waals surface area (Å²) in [5.74, 6) is -1.00. The van der Waals surface area contributed by atoms with Gasteiger partial charge in [0, 0.05) is 6.07 Å². The summed E-state index contributed by atoms with van der Waals surface area (Å²) in [7, 11) is 1.44. The number of aromatic nitrogens is 2. The monoisotopic (exact) mass is 322 g/mol. The van der Waals surface area contributed by atoms with Crippen LogP contribution in [0.4, 0.5) is 13.2 Å². The van der Waals surface area contributed by atoms with Crippen LogP contribution in [0.3, 0.4) is 0 Å². The minimum Gasteiger partial charge on any atom is -0.497 e. The molecule has 2 rings (SSSR count). The lowest BCUT2D eigenvalue weighted by atomic mass is 10.3. The maximum Gasteiger partial charge on any atom is 0.435 e. The zero-order chi connectivity index (χ0) is 14.9. The lowest BCUT2D eigenvalue weighted by Gasteiger charge is -2.06. The fourth-order valence-corrected chi connectivity index (χ4v) is 1.59. The van der Waals surface area contributed by atoms with Crippen molar-refractivity contribution in [1.82, 2.24) is 9.78 Å². The zero-order valence-corrected chi connectivity index (χ0v) is 11.4. The molecule has 2 aromatic rings. The van der Waals surface area contributed by atoms with Crippen LogP contribution in [0.25, 0.3) is 5.69 Å². The first kappa shape index (κ1) is 16.8. The minimum absolute atomic E-state index is 0. The van der Waals surface area contributed by atoms with Crippen molar-refractivity contribution in [3.05, 3.63) is 41.7 Å². The van der Waals surface area contributed by atoms with Gasteiger partial charge in [-0.1, -0.05) is 0 Å². The molecule has 0 bridgehead atoms. The molecule has 1 aromatic heterocycles. The predicted octanol–water partition coefficient (Wildman–Crippen LogP) is 3.02. The number of carbonyl (C=O) groups is 1. The van der Waals surface area contributed by atoms with E-state index in [0.29, 0.717) is 11.8 Å². The van der Waals surface area contributed by atoms with Gasteiger partial charge in [0.25, 0.3) is 0 Å². The second-order valence-electron chi connectivity index (χ2n) is 3.83. The average molecular weight is 323 g/mol. The van der Waals surface area contributed by atoms with Crippen LogP contribution in [0, 0.1) is 0 Å². The molecule has 1 N–H and O–H groups in total. The largest absolute Gasteiger partial charge is 0.497 e. The van der Waals surface area contributed by atoms with Crippen LogP contribution in [0.1, 0.15) is 16.2 Å². The summed E-state index contributed by atoms with van der Waals surface area (Å²) in [6.07, 6.45) is -4.71. The Bertz CT molecular complexity index is 638. The van der Waals surface area contributed by atoms with E-state index in [2.05, 4.69) is 5.10 Å². The Hall–Kier alpha value is -2.22. The fourth-order valence-electron chi connectivity index (χ4n) is 1.59. The van der Waals surface area contributed by atoms with E-state index in [4.69, 9.17) is 9.84 Å². The molecule has 0 saturated heterocycles. The third kappa shape index (κ3) is 3.46. The van der Waals surface area contributed by atoms with Gasteiger partial charge in [-0.05, 0) is 24.3 Å². The highest BCUT2D eigenvalue weighted by Crippen LogP contribution is 2.29. The van der Waals surface area contributed by atoms with E-state index in [1.807, 2.05) is 0 Å². The Morgan fingerprint density at radius 3 is 2.29 bits per heavy atom. The van der Waals surface area contributed by atoms with Crippen LogP contribution >= 0.6 is 12.4 Å². The maximum atomic E-state index is 12.6. The molecule has 0 unspecified atom stereocenters. The number of aromatic carboxylic acids is 1. The summed E-state index contributed by atoms with van der Waals surface area (Å²) in [5, 5.41) is 12.3. The van der Waals surface area contributed by atoms with Gasteiger partial charge in [-0.15, -0.1) is 12.4 Å². The fraction of sp³-hybridized carbons (Fsp3) is 0.167. The van der Waals surface area contributed by atoms with Crippen LogP contribution in [0.15, 0.2) is 30.3 Å². The molecule has 0 aliphatic carbocycles. The number of methoxy groups -OCH3 is 1. The van der Waals surface area contributed by atoms with Gasteiger partial charge in [0.2, 0.25) is 0 Å². The second-order valence-corrected chi connectivity index (χ2v) is 3.83. The van der Waals surface area contributed by atoms with Gasteiger partial charge in [-0.3, -0.25) is 0 Å². The summed E-state index contributed by atoms with van der Waals surface area (Å²) in [6, 6.07) is 6.31. The predicted molar refractivity (Wildman–Crippen MR) is 69.3 cm³/mol. The van der Waals surface area contributed by atoms with Crippen LogP contribution in [-0.4, -0.2) is 28.0 Å². The number of hydrogen-bond acceptors (Lipinski definition) is 3. The molecule has 0 aliphatic heterocycles. The molecule has 0 spiro atoms. The number of carboxylic acid groups (broad SMARTS) is 1. The van der Waals surface area contributed by atoms with Crippen molar-refractivity contribution in [2.45, 2.75) is 6.18 Å². The van der Waals surface area contributed by atoms with Crippen molar-refractivity contribution >= 4 is 18.4 Å². The Kier molecular flexibility index (Phi) is 4.84. The Balaban J connectivity index is 0.00000220. The number of halogens is 4. The molecular weight excluding hydrogens is 313 g/mol. The van der Waals surface area contributed by atoms with Crippen molar-refractivity contribution < 1.29 is 27.8 Å². The lowest BCUT2D eigenvalue weighted by Crippen LogP contribution is -2.09. The molecular formula is C12H10ClF3N2O3. The summed E-state index contributed by atoms with van der Waals surface area (Å²) in [4.78, 5) is 11.0. The van der Waals surface area contributed by atoms with E-state index in [9.17, 15) is 18.0 Å². The van der Waals surface area contributed by atoms with Gasteiger partial charge in [-0.25, -0.2) is 9.48 Å². The molecule has 0 radical (unpaired) electrons. The number of benzene rings is 1. The standard InChI is InChI=1S/C12H9F3N2O3.ClH/c1-20-8-4-2-7(3-5-8)17-9(11(18)19)6-10(16-17)12(13,14)15;/h2-6H,1H3,(H,18,19);1H. The topological polar surface area (TPSA) is 64.4 Å². The molecule has 0 saturated carbocycles. The van der Waals surface area contributed by atoms with Gasteiger partial charge in [0.1, 0.15) is 5.75 Å². The van der Waals surface area contributed by atoms with Crippen LogP contribution < -0.4 is 4.74 Å². The first-order valence-electron chi connectivity index (χ1n) is 5.38. The maximum absolute atomic E-state index is 12.6. The molecule has 0 amide bonds. The first-order valence-corrected chi connectivity index (χ1v) is 5.38. The van der Waals surface area contributed by atoms with Crippen LogP contribution in [-0.2, 0) is 6.18 Å². The van der Waals surface area contributed by atoms with E-state index in [1.54, 1.807) is 0 Å². The molecule has 0 fully saturated rings. The molecule has 5 nitrogen and oxygen atoms in total. The number of hydrogen-bond donors (Lipinski definition) is 1. The minimum atomic E-state index is -4.71. The van der Waals surface area contributed by atoms with Gasteiger partial charge in [0.05, 0.1) is 12.8 Å². The summed E-state index contributed by atoms with van der Waals surface area (Å²) >= 11 is 0. The quantitative estimate of drug-likeness (QED) is 0.943. The van der Waals surface area contributed by atoms with Crippen molar-refractivity contribution in [3.8, 4) is 11.4 Å². The third-order valence-corrected chi connectivity index (χ3v) is 2.54. The van der Waals surface area contributed by atoms with Gasteiger partial charge < -0.3 is 9.84 Å². The van der Waals surface area contributed by atoms with Gasteiger partial charge in [0.15, 0.2) is 11.4 Å². The summed E-state index contributed by atoms with van der Waals surface area (Å²) < 4.78 is 43.4. The first-order chi connectivity index (χ1) is 9.32. The smallest absolute Gasteiger partial charge is 0.435 e. The van der Waals surface area contributed by atoms with Crippen molar-refractivity contribution in [2.24, 2.45) is 0 Å². The number of carboxylic acids is 1. The van der Waals surface area contributed by atoms with E-state index in [-0.39, 0.29) is 18.1 Å². The Morgan fingerprint density at radius 2 is 1.86 bits per heavy atom. The second kappa shape index (κ2) is 6.04. The normalized spacial score (nSPS) is 10.9. The van der Waals surface area contributed by atoms with Crippen molar-refractivity contribution in [1.29, 1.82) is 0 Å². The molecule has 114 valence electrons. The zero-order valence-electron chi connectivity index (χ0n) is 10.6. The molecule has 0 atom stereocenters. The SMILES string of the molecule is COc1ccc(-n2nc(C(F)(F)F)cc2C(=O)O)cc1.Cl. The highest BCUT2D eigenvalue weighted by molar-refractivity contribution is 5.86. The average Bonchev–Trinajstić information content (AvgIpc) is 2.84. The molecule has 1 aromatic carbocycles.